The molecular formula is C25H27F4N7O2. The SMILES string of the molecule is [2H]C([2H])([2H])Oc1nc(N[C@@H]2CCN(C3COC3)C[C@H]2F)nn2cc(F)c(-c3ccc4nc(C)n(CC(F)F)c4c3)c12. The van der Waals surface area contributed by atoms with E-state index in [-0.39, 0.29) is 35.2 Å². The molecular weight excluding hydrogens is 506 g/mol. The van der Waals surface area contributed by atoms with Gasteiger partial charge in [-0.05, 0) is 31.0 Å². The Kier molecular flexibility index (Phi) is 5.48. The van der Waals surface area contributed by atoms with Crippen LogP contribution in [-0.2, 0) is 11.3 Å². The maximum absolute atomic E-state index is 15.5. The van der Waals surface area contributed by atoms with Crippen LogP contribution in [0.25, 0.3) is 27.7 Å². The van der Waals surface area contributed by atoms with Gasteiger partial charge in [0.15, 0.2) is 5.82 Å². The summed E-state index contributed by atoms with van der Waals surface area (Å²) in [6, 6.07) is 4.13. The second-order valence-corrected chi connectivity index (χ2v) is 9.59. The van der Waals surface area contributed by atoms with E-state index in [9.17, 15) is 8.78 Å². The van der Waals surface area contributed by atoms with Gasteiger partial charge in [-0.3, -0.25) is 4.90 Å². The first kappa shape index (κ1) is 21.5. The highest BCUT2D eigenvalue weighted by Gasteiger charge is 2.36. The Bertz CT molecular complexity index is 1590. The van der Waals surface area contributed by atoms with E-state index < -0.39 is 43.9 Å². The van der Waals surface area contributed by atoms with Crippen molar-refractivity contribution in [3.05, 3.63) is 36.0 Å². The van der Waals surface area contributed by atoms with E-state index in [0.29, 0.717) is 43.0 Å². The second-order valence-electron chi connectivity index (χ2n) is 9.59. The molecule has 0 saturated carbocycles. The van der Waals surface area contributed by atoms with Gasteiger partial charge < -0.3 is 19.4 Å². The number of nitrogens with zero attached hydrogens (tertiary/aromatic N) is 6. The first-order valence-corrected chi connectivity index (χ1v) is 12.2. The van der Waals surface area contributed by atoms with E-state index in [1.165, 1.54) is 10.6 Å². The molecule has 0 amide bonds. The number of likely N-dealkylation sites (tertiary alicyclic amines) is 1. The van der Waals surface area contributed by atoms with E-state index in [1.54, 1.807) is 19.1 Å². The molecule has 0 spiro atoms. The molecule has 6 rings (SSSR count). The van der Waals surface area contributed by atoms with Crippen LogP contribution in [0.3, 0.4) is 0 Å². The molecule has 0 radical (unpaired) electrons. The minimum Gasteiger partial charge on any atom is -0.479 e. The molecule has 2 atom stereocenters. The number of rotatable bonds is 7. The normalized spacial score (nSPS) is 22.4. The van der Waals surface area contributed by atoms with Gasteiger partial charge in [0.2, 0.25) is 11.8 Å². The zero-order chi connectivity index (χ0) is 29.1. The highest BCUT2D eigenvalue weighted by Crippen LogP contribution is 2.36. The van der Waals surface area contributed by atoms with Gasteiger partial charge in [0.1, 0.15) is 17.5 Å². The van der Waals surface area contributed by atoms with Crippen LogP contribution in [0.2, 0.25) is 0 Å². The standard InChI is InChI=1S/C25H27F4N7O2/c1-13-30-19-4-3-14(7-20(19)35(13)10-21(28)29)22-17(27)9-36-23(22)24(37-2)32-25(33-36)31-18-5-6-34(8-16(18)26)15-11-38-12-15/h3-4,7,9,15-16,18,21H,5-6,8,10-12H2,1-2H3,(H,31,33)/t16-,18-/m1/s1/i2D3. The molecule has 4 aromatic rings. The van der Waals surface area contributed by atoms with Crippen LogP contribution >= 0.6 is 0 Å². The lowest BCUT2D eigenvalue weighted by Crippen LogP contribution is -2.57. The van der Waals surface area contributed by atoms with Crippen LogP contribution in [0.5, 0.6) is 5.88 Å². The topological polar surface area (TPSA) is 81.7 Å². The predicted octanol–water partition coefficient (Wildman–Crippen LogP) is 3.69. The molecule has 38 heavy (non-hydrogen) atoms. The zero-order valence-electron chi connectivity index (χ0n) is 23.4. The van der Waals surface area contributed by atoms with Crippen molar-refractivity contribution in [2.45, 2.75) is 44.6 Å². The first-order valence-electron chi connectivity index (χ1n) is 13.7. The molecule has 13 heteroatoms. The van der Waals surface area contributed by atoms with Gasteiger partial charge in [-0.25, -0.2) is 27.1 Å². The van der Waals surface area contributed by atoms with Crippen molar-refractivity contribution in [2.24, 2.45) is 0 Å². The monoisotopic (exact) mass is 536 g/mol. The highest BCUT2D eigenvalue weighted by atomic mass is 19.3. The third-order valence-corrected chi connectivity index (χ3v) is 7.22. The van der Waals surface area contributed by atoms with Crippen molar-refractivity contribution in [1.29, 1.82) is 0 Å². The van der Waals surface area contributed by atoms with Crippen molar-refractivity contribution in [3.8, 4) is 17.0 Å². The second kappa shape index (κ2) is 9.70. The van der Waals surface area contributed by atoms with E-state index in [4.69, 9.17) is 13.6 Å². The van der Waals surface area contributed by atoms with Gasteiger partial charge in [0, 0.05) is 13.1 Å². The molecule has 5 heterocycles. The fourth-order valence-corrected chi connectivity index (χ4v) is 5.22. The van der Waals surface area contributed by atoms with Crippen molar-refractivity contribution < 1.29 is 31.1 Å². The van der Waals surface area contributed by atoms with Gasteiger partial charge in [-0.1, -0.05) is 6.07 Å². The van der Waals surface area contributed by atoms with Gasteiger partial charge in [0.05, 0.1) is 65.8 Å². The number of fused-ring (bicyclic) bond motifs is 2. The average molecular weight is 537 g/mol. The van der Waals surface area contributed by atoms with Gasteiger partial charge in [0.25, 0.3) is 6.43 Å². The molecule has 0 aliphatic carbocycles. The molecule has 9 nitrogen and oxygen atoms in total. The summed E-state index contributed by atoms with van der Waals surface area (Å²) in [6.45, 7) is 2.96. The molecule has 1 N–H and O–H groups in total. The molecule has 2 fully saturated rings. The largest absolute Gasteiger partial charge is 0.479 e. The van der Waals surface area contributed by atoms with Crippen molar-refractivity contribution in [2.75, 3.05) is 38.7 Å². The number of imidazole rings is 1. The summed E-state index contributed by atoms with van der Waals surface area (Å²) in [6.07, 6.45) is -2.43. The number of alkyl halides is 3. The number of nitrogens with one attached hydrogen (secondary N) is 1. The number of hydrogen-bond donors (Lipinski definition) is 1. The number of halogens is 4. The highest BCUT2D eigenvalue weighted by molar-refractivity contribution is 5.90. The zero-order valence-corrected chi connectivity index (χ0v) is 20.4. The molecule has 2 saturated heterocycles. The van der Waals surface area contributed by atoms with Crippen LogP contribution in [0.1, 0.15) is 16.4 Å². The Morgan fingerprint density at radius 3 is 2.84 bits per heavy atom. The fraction of sp³-hybridized carbons (Fsp3) is 0.480. The number of piperidine rings is 1. The summed E-state index contributed by atoms with van der Waals surface area (Å²) in [5.41, 5.74) is 0.875. The Morgan fingerprint density at radius 2 is 2.13 bits per heavy atom. The van der Waals surface area contributed by atoms with Gasteiger partial charge >= 0.3 is 0 Å². The van der Waals surface area contributed by atoms with Crippen molar-refractivity contribution in [1.82, 2.24) is 29.0 Å². The van der Waals surface area contributed by atoms with Crippen LogP contribution in [-0.4, -0.2) is 87.1 Å². The van der Waals surface area contributed by atoms with Crippen LogP contribution in [0.15, 0.2) is 24.4 Å². The maximum atomic E-state index is 15.5. The predicted molar refractivity (Wildman–Crippen MR) is 132 cm³/mol. The Balaban J connectivity index is 1.38. The Hall–Kier alpha value is -3.45. The van der Waals surface area contributed by atoms with Crippen molar-refractivity contribution >= 4 is 22.5 Å². The van der Waals surface area contributed by atoms with Gasteiger partial charge in [-0.2, -0.15) is 4.98 Å². The number of ether oxygens (including phenoxy) is 2. The Morgan fingerprint density at radius 1 is 1.29 bits per heavy atom. The number of aromatic nitrogens is 5. The lowest BCUT2D eigenvalue weighted by atomic mass is 10.0. The fourth-order valence-electron chi connectivity index (χ4n) is 5.22. The quantitative estimate of drug-likeness (QED) is 0.361. The molecule has 0 bridgehead atoms. The van der Waals surface area contributed by atoms with Crippen LogP contribution in [0, 0.1) is 12.7 Å². The van der Waals surface area contributed by atoms with Crippen LogP contribution in [0.4, 0.5) is 23.5 Å². The van der Waals surface area contributed by atoms with E-state index in [2.05, 4.69) is 20.4 Å². The summed E-state index contributed by atoms with van der Waals surface area (Å²) in [5.74, 6) is -0.990. The molecule has 2 aliphatic heterocycles. The van der Waals surface area contributed by atoms with Crippen LogP contribution < -0.4 is 10.1 Å². The molecule has 0 unspecified atom stereocenters. The molecule has 1 aromatic carbocycles. The number of hydrogen-bond acceptors (Lipinski definition) is 7. The van der Waals surface area contributed by atoms with Gasteiger partial charge in [-0.15, -0.1) is 5.10 Å². The maximum Gasteiger partial charge on any atom is 0.256 e. The number of methoxy groups -OCH3 is 1. The lowest BCUT2D eigenvalue weighted by molar-refractivity contribution is -0.0794. The number of anilines is 1. The number of benzene rings is 1. The summed E-state index contributed by atoms with van der Waals surface area (Å²) < 4.78 is 92.8. The minimum absolute atomic E-state index is 0.0838. The number of aryl methyl sites for hydroxylation is 1. The van der Waals surface area contributed by atoms with E-state index in [0.717, 1.165) is 10.7 Å². The summed E-state index contributed by atoms with van der Waals surface area (Å²) in [5, 5.41) is 7.20. The summed E-state index contributed by atoms with van der Waals surface area (Å²) >= 11 is 0. The van der Waals surface area contributed by atoms with Crippen molar-refractivity contribution in [3.63, 3.8) is 0 Å². The molecule has 2 aliphatic rings. The van der Waals surface area contributed by atoms with E-state index >= 15 is 8.78 Å². The average Bonchev–Trinajstić information content (AvgIpc) is 3.33. The lowest BCUT2D eigenvalue weighted by Gasteiger charge is -2.42. The summed E-state index contributed by atoms with van der Waals surface area (Å²) in [7, 11) is -2.94. The third-order valence-electron chi connectivity index (χ3n) is 7.22. The minimum atomic E-state index is -2.94. The molecule has 3 aromatic heterocycles. The smallest absolute Gasteiger partial charge is 0.256 e. The first-order chi connectivity index (χ1) is 19.5. The third kappa shape index (κ3) is 4.33. The summed E-state index contributed by atoms with van der Waals surface area (Å²) in [4.78, 5) is 10.5. The molecule has 202 valence electrons. The Labute approximate surface area is 219 Å². The van der Waals surface area contributed by atoms with E-state index in [1.807, 2.05) is 4.90 Å².